The lowest BCUT2D eigenvalue weighted by Gasteiger charge is -2.37. The summed E-state index contributed by atoms with van der Waals surface area (Å²) in [5.41, 5.74) is 20.8. The predicted octanol–water partition coefficient (Wildman–Crippen LogP) is -1.05. The number of hydrogen-bond acceptors (Lipinski definition) is 22. The van der Waals surface area contributed by atoms with Crippen LogP contribution in [0.2, 0.25) is 0 Å². The molecule has 3 aromatic heterocycles. The zero-order valence-electron chi connectivity index (χ0n) is 75.2. The van der Waals surface area contributed by atoms with E-state index in [-0.39, 0.29) is 101 Å². The van der Waals surface area contributed by atoms with Crippen molar-refractivity contribution in [2.45, 2.75) is 235 Å². The summed E-state index contributed by atoms with van der Waals surface area (Å²) >= 11 is 0.940. The van der Waals surface area contributed by atoms with Gasteiger partial charge in [-0.25, -0.2) is 4.98 Å². The molecule has 0 aliphatic carbocycles. The van der Waals surface area contributed by atoms with Crippen molar-refractivity contribution in [1.29, 1.82) is 0 Å². The summed E-state index contributed by atoms with van der Waals surface area (Å²) in [7, 11) is 4.73. The Morgan fingerprint density at radius 3 is 1.75 bits per heavy atom. The van der Waals surface area contributed by atoms with Gasteiger partial charge in [-0.15, -0.1) is 11.8 Å². The van der Waals surface area contributed by atoms with Crippen molar-refractivity contribution in [2.24, 2.45) is 23.1 Å². The quantitative estimate of drug-likeness (QED) is 0.0217. The summed E-state index contributed by atoms with van der Waals surface area (Å²) in [6.45, 7) is 9.50. The molecule has 8 rings (SSSR count). The number of likely N-dealkylation sites (tertiary alicyclic amines) is 2. The van der Waals surface area contributed by atoms with E-state index in [4.69, 9.17) is 17.2 Å². The van der Waals surface area contributed by atoms with Crippen LogP contribution in [-0.4, -0.2) is 294 Å². The normalized spacial score (nSPS) is 16.9. The third-order valence-electron chi connectivity index (χ3n) is 23.1. The zero-order valence-corrected chi connectivity index (χ0v) is 76.0. The van der Waals surface area contributed by atoms with Gasteiger partial charge in [0.2, 0.25) is 94.5 Å². The number of primary amides is 2. The van der Waals surface area contributed by atoms with Gasteiger partial charge in [-0.3, -0.25) is 81.6 Å². The Morgan fingerprint density at radius 1 is 0.585 bits per heavy atom. The second-order valence-electron chi connectivity index (χ2n) is 33.6. The summed E-state index contributed by atoms with van der Waals surface area (Å²) in [5.74, 6) is -12.6. The monoisotopic (exact) mass is 1820 g/mol. The fraction of sp³-hybridized carbons (Fsp3) is 0.539. The molecule has 41 heteroatoms. The third-order valence-corrected chi connectivity index (χ3v) is 24.1. The number of aliphatic hydroxyl groups excluding tert-OH is 1. The van der Waals surface area contributed by atoms with E-state index in [2.05, 4.69) is 78.4 Å². The van der Waals surface area contributed by atoms with Crippen LogP contribution in [0.15, 0.2) is 97.7 Å². The Balaban J connectivity index is 0.998. The highest BCUT2D eigenvalue weighted by molar-refractivity contribution is 8.00. The van der Waals surface area contributed by atoms with Gasteiger partial charge < -0.3 is 116 Å². The number of unbranched alkanes of at least 4 members (excludes halogenated alkanes) is 2. The molecule has 16 amide bonds. The number of phenols is 1. The maximum absolute atomic E-state index is 15.7. The van der Waals surface area contributed by atoms with Crippen molar-refractivity contribution in [3.8, 4) is 5.75 Å². The molecule has 130 heavy (non-hydrogen) atoms. The molecule has 22 N–H and O–H groups in total. The van der Waals surface area contributed by atoms with Crippen LogP contribution in [0.4, 0.5) is 0 Å². The van der Waals surface area contributed by atoms with Crippen LogP contribution in [0.5, 0.6) is 5.75 Å². The van der Waals surface area contributed by atoms with Crippen LogP contribution >= 0.6 is 11.8 Å². The Morgan fingerprint density at radius 2 is 1.15 bits per heavy atom. The van der Waals surface area contributed by atoms with Crippen molar-refractivity contribution in [1.82, 2.24) is 98.0 Å². The van der Waals surface area contributed by atoms with Gasteiger partial charge in [0, 0.05) is 130 Å². The number of nitrogens with zero attached hydrogens (tertiary/aromatic N) is 5. The molecular formula is C89H128N22O18S. The molecule has 6 aromatic rings. The van der Waals surface area contributed by atoms with Gasteiger partial charge >= 0.3 is 0 Å². The number of nitrogens with two attached hydrogens (primary N) is 3. The number of rotatable bonds is 52. The first-order valence-corrected chi connectivity index (χ1v) is 45.4. The van der Waals surface area contributed by atoms with Gasteiger partial charge in [0.25, 0.3) is 0 Å². The maximum atomic E-state index is 15.7. The summed E-state index contributed by atoms with van der Waals surface area (Å²) < 4.78 is 0. The number of hydrogen-bond donors (Lipinski definition) is 19. The summed E-state index contributed by atoms with van der Waals surface area (Å²) in [6, 6.07) is 4.34. The number of phenolic OH excluding ortho intramolecular Hbond substituents is 1. The standard InChI is InChI=1S/C89H128N22O18S/c1-10-13-20-56(45-108(8)71(25-14-11-2)84(124)99-51(6)78(118)107-70(80(120)97-44-75(92)115)47-130-48-77(117)100-64(79(119)93-7)35-52-27-29-57(112)30-28-52)109(9)87(127)68(37-54-42-96-62-24-18-16-22-60(54)62)106-81(121)63(31-32-90)102-82(122)65(36-53-41-95-61-23-17-15-21-59(53)61)103-86(126)73-39-58(113)46-111(73)89(129)67(34-50(4)5)105-83(123)66(38-55-43-94-49-98-55)104-85(125)72-26-19-33-110(72)88(128)69(40-74(91)114)101-76(116)12-3/h15-18,21-24,27-30,41-43,49-51,56,58,63-73,95-96,112-113H,10-14,19-20,25-26,31-40,44-48,90H2,1-9H3,(H2,91,114)(H2,92,115)(H,93,119)(H,94,98)(H,97,120)(H,99,124)(H,100,117)(H,101,116)(H,102,122)(H,103,126)(H,104,125)(H,105,123)(H,106,121)(H,107,118). The number of aliphatic hydroxyl groups is 1. The van der Waals surface area contributed by atoms with Gasteiger partial charge in [-0.2, -0.15) is 0 Å². The highest BCUT2D eigenvalue weighted by atomic mass is 32.2. The van der Waals surface area contributed by atoms with E-state index in [1.54, 1.807) is 82.5 Å². The average Bonchev–Trinajstić information content (AvgIpc) is 1.64. The molecule has 2 aliphatic heterocycles. The molecule has 2 saturated heterocycles. The van der Waals surface area contributed by atoms with Crippen LogP contribution in [-0.2, 0) is 102 Å². The first kappa shape index (κ1) is 103. The summed E-state index contributed by atoms with van der Waals surface area (Å²) in [6.07, 6.45) is 7.16. The van der Waals surface area contributed by atoms with Gasteiger partial charge in [0.15, 0.2) is 0 Å². The van der Waals surface area contributed by atoms with E-state index in [9.17, 15) is 63.0 Å². The van der Waals surface area contributed by atoms with Crippen molar-refractivity contribution < 1.29 is 86.9 Å². The molecule has 3 aromatic carbocycles. The molecule has 0 radical (unpaired) electrons. The molecule has 14 atom stereocenters. The lowest BCUT2D eigenvalue weighted by molar-refractivity contribution is -0.144. The topological polar surface area (TPSA) is 597 Å². The zero-order chi connectivity index (χ0) is 95.0. The SMILES string of the molecule is CCCCC(C(=O)NC(C)C(=O)NC(CSCC(=O)NC(Cc1ccc(O)cc1)C(=O)NC)C(=O)NCC(N)=O)N(C)CC(CCCC)N(C)C(=O)C(Cc1c[nH]c2ccccc12)NC(=O)C(CCN)NC(=O)C(Cc1c[nH]c2ccccc12)NC(=O)C1CC(O)CN1C(=O)C(CC(C)C)NC(=O)C(Cc1cnc[nH]1)NC(=O)C1CCCN1C(=O)C(CC(N)=O)NC(=O)CC. The minimum atomic E-state index is -1.52. The van der Waals surface area contributed by atoms with Crippen molar-refractivity contribution in [3.05, 3.63) is 120 Å². The van der Waals surface area contributed by atoms with E-state index in [0.717, 1.165) is 27.6 Å². The fourth-order valence-electron chi connectivity index (χ4n) is 16.1. The Hall–Kier alpha value is -12.5. The lowest BCUT2D eigenvalue weighted by atomic mass is 10.00. The molecule has 0 bridgehead atoms. The summed E-state index contributed by atoms with van der Waals surface area (Å²) in [5, 5.41) is 52.3. The second-order valence-corrected chi connectivity index (χ2v) is 34.6. The van der Waals surface area contributed by atoms with E-state index >= 15 is 24.0 Å². The van der Waals surface area contributed by atoms with E-state index in [1.165, 1.54) is 48.4 Å². The number of carbonyl (C=O) groups excluding carboxylic acids is 16. The Kier molecular flexibility index (Phi) is 39.9. The maximum Gasteiger partial charge on any atom is 0.246 e. The number of aromatic amines is 3. The number of nitrogens with one attached hydrogen (secondary N) is 14. The van der Waals surface area contributed by atoms with Crippen LogP contribution in [0.25, 0.3) is 21.8 Å². The van der Waals surface area contributed by atoms with Crippen molar-refractivity contribution in [2.75, 3.05) is 65.4 Å². The highest BCUT2D eigenvalue weighted by Gasteiger charge is 2.46. The smallest absolute Gasteiger partial charge is 0.246 e. The van der Waals surface area contributed by atoms with Crippen LogP contribution in [0.3, 0.4) is 0 Å². The molecular weight excluding hydrogens is 1700 g/mol. The molecule has 2 aliphatic rings. The average molecular weight is 1830 g/mol. The first-order chi connectivity index (χ1) is 62.0. The predicted molar refractivity (Wildman–Crippen MR) is 485 cm³/mol. The number of amides is 16. The Labute approximate surface area is 759 Å². The highest BCUT2D eigenvalue weighted by Crippen LogP contribution is 2.28. The lowest BCUT2D eigenvalue weighted by Crippen LogP contribution is -2.61. The number of aromatic nitrogens is 4. The van der Waals surface area contributed by atoms with Gasteiger partial charge in [-0.05, 0) is 106 Å². The minimum Gasteiger partial charge on any atom is -0.508 e. The van der Waals surface area contributed by atoms with Crippen molar-refractivity contribution in [3.63, 3.8) is 0 Å². The number of imidazole rings is 1. The number of para-hydroxylation sites is 2. The largest absolute Gasteiger partial charge is 0.508 e. The molecule has 2 fully saturated rings. The van der Waals surface area contributed by atoms with E-state index in [1.807, 2.05) is 44.2 Å². The molecule has 14 unspecified atom stereocenters. The Bertz CT molecular complexity index is 4890. The molecule has 40 nitrogen and oxygen atoms in total. The van der Waals surface area contributed by atoms with Crippen LogP contribution in [0.1, 0.15) is 147 Å². The first-order valence-electron chi connectivity index (χ1n) is 44.2. The number of carbonyl (C=O) groups is 16. The fourth-order valence-corrected chi connectivity index (χ4v) is 16.9. The van der Waals surface area contributed by atoms with Gasteiger partial charge in [0.05, 0.1) is 37.2 Å². The van der Waals surface area contributed by atoms with E-state index < -0.39 is 199 Å². The van der Waals surface area contributed by atoms with Gasteiger partial charge in [0.1, 0.15) is 72.2 Å². The number of benzene rings is 3. The number of aromatic hydroxyl groups is 1. The number of likely N-dealkylation sites (N-methyl/N-ethyl adjacent to an activating group) is 3. The third kappa shape index (κ3) is 30.0. The number of β-amino-alcohol motifs (C(OH)–C–C–N with tert-alkyl or cyclic N) is 1. The van der Waals surface area contributed by atoms with Crippen LogP contribution < -0.4 is 75.7 Å². The van der Waals surface area contributed by atoms with Crippen LogP contribution in [0, 0.1) is 5.92 Å². The van der Waals surface area contributed by atoms with Gasteiger partial charge in [-0.1, -0.05) is 109 Å². The minimum absolute atomic E-state index is 0.0106. The summed E-state index contributed by atoms with van der Waals surface area (Å²) in [4.78, 5) is 244. The number of fused-ring (bicyclic) bond motifs is 2. The van der Waals surface area contributed by atoms with E-state index in [0.29, 0.717) is 78.2 Å². The molecule has 0 saturated carbocycles. The molecule has 0 spiro atoms. The molecule has 708 valence electrons. The number of thioether (sulfide) groups is 1. The number of H-pyrrole nitrogens is 3. The van der Waals surface area contributed by atoms with Crippen molar-refractivity contribution >= 4 is 128 Å². The second kappa shape index (κ2) is 50.5. The molecule has 5 heterocycles.